The number of amides is 3. The van der Waals surface area contributed by atoms with Crippen molar-refractivity contribution < 1.29 is 24.3 Å². The summed E-state index contributed by atoms with van der Waals surface area (Å²) in [4.78, 5) is 50.0. The Hall–Kier alpha value is -3.97. The van der Waals surface area contributed by atoms with Gasteiger partial charge in [0, 0.05) is 10.6 Å². The Labute approximate surface area is 175 Å². The molecule has 1 aliphatic heterocycles. The molecule has 8 heteroatoms. The monoisotopic (exact) mass is 420 g/mol. The number of nitrogens with zero attached hydrogens (tertiary/aromatic N) is 1. The Morgan fingerprint density at radius 1 is 0.867 bits per heavy atom. The van der Waals surface area contributed by atoms with Crippen molar-refractivity contribution in [3.05, 3.63) is 94.0 Å². The summed E-state index contributed by atoms with van der Waals surface area (Å²) in [6.07, 6.45) is 0. The molecule has 3 aromatic rings. The third kappa shape index (κ3) is 3.31. The lowest BCUT2D eigenvalue weighted by Gasteiger charge is -2.14. The van der Waals surface area contributed by atoms with E-state index in [1.165, 1.54) is 42.5 Å². The van der Waals surface area contributed by atoms with Gasteiger partial charge >= 0.3 is 5.97 Å². The number of carbonyl (C=O) groups excluding carboxylic acids is 3. The van der Waals surface area contributed by atoms with Crippen molar-refractivity contribution in [3.8, 4) is 0 Å². The van der Waals surface area contributed by atoms with Gasteiger partial charge in [-0.15, -0.1) is 0 Å². The molecule has 0 bridgehead atoms. The number of hydrogen-bond acceptors (Lipinski definition) is 4. The molecule has 0 aliphatic carbocycles. The number of benzene rings is 3. The quantitative estimate of drug-likeness (QED) is 0.618. The average molecular weight is 421 g/mol. The minimum absolute atomic E-state index is 0.0984. The molecule has 0 aromatic heterocycles. The van der Waals surface area contributed by atoms with Crippen LogP contribution in [0.4, 0.5) is 11.4 Å². The highest BCUT2D eigenvalue weighted by molar-refractivity contribution is 6.34. The van der Waals surface area contributed by atoms with Crippen molar-refractivity contribution in [2.75, 3.05) is 10.2 Å². The van der Waals surface area contributed by atoms with E-state index >= 15 is 0 Å². The fraction of sp³-hybridized carbons (Fsp3) is 0. The molecule has 148 valence electrons. The molecule has 0 saturated heterocycles. The maximum absolute atomic E-state index is 12.6. The summed E-state index contributed by atoms with van der Waals surface area (Å²) < 4.78 is 0. The van der Waals surface area contributed by atoms with Gasteiger partial charge in [-0.05, 0) is 54.6 Å². The lowest BCUT2D eigenvalue weighted by molar-refractivity contribution is 0.0697. The Morgan fingerprint density at radius 2 is 1.47 bits per heavy atom. The van der Waals surface area contributed by atoms with Crippen molar-refractivity contribution in [1.82, 2.24) is 0 Å². The number of imide groups is 1. The topological polar surface area (TPSA) is 104 Å². The van der Waals surface area contributed by atoms with Crippen molar-refractivity contribution in [2.45, 2.75) is 0 Å². The van der Waals surface area contributed by atoms with E-state index in [0.717, 1.165) is 4.90 Å². The molecule has 0 atom stereocenters. The molecule has 0 saturated carbocycles. The standard InChI is InChI=1S/C22H13ClN2O5/c23-13-7-10-18(17(11-13)22(29)30)24-19(26)12-5-8-14(9-6-12)25-20(27)15-3-1-2-4-16(15)21(25)28/h1-11H,(H,24,26)(H,29,30). The summed E-state index contributed by atoms with van der Waals surface area (Å²) in [7, 11) is 0. The van der Waals surface area contributed by atoms with Crippen molar-refractivity contribution in [2.24, 2.45) is 0 Å². The summed E-state index contributed by atoms with van der Waals surface area (Å²) in [5.41, 5.74) is 1.17. The zero-order valence-electron chi connectivity index (χ0n) is 15.3. The highest BCUT2D eigenvalue weighted by atomic mass is 35.5. The molecule has 0 fully saturated rings. The normalized spacial score (nSPS) is 12.6. The number of fused-ring (bicyclic) bond motifs is 1. The van der Waals surface area contributed by atoms with E-state index in [2.05, 4.69) is 5.32 Å². The number of rotatable bonds is 4. The zero-order valence-corrected chi connectivity index (χ0v) is 16.0. The van der Waals surface area contributed by atoms with Gasteiger partial charge in [-0.3, -0.25) is 14.4 Å². The van der Waals surface area contributed by atoms with E-state index in [4.69, 9.17) is 11.6 Å². The number of aromatic carboxylic acids is 1. The highest BCUT2D eigenvalue weighted by Crippen LogP contribution is 2.28. The van der Waals surface area contributed by atoms with Crippen LogP contribution in [0.3, 0.4) is 0 Å². The minimum atomic E-state index is -1.23. The molecule has 0 unspecified atom stereocenters. The zero-order chi connectivity index (χ0) is 21.4. The molecule has 3 amide bonds. The van der Waals surface area contributed by atoms with Gasteiger partial charge in [0.1, 0.15) is 0 Å². The van der Waals surface area contributed by atoms with Gasteiger partial charge in [-0.1, -0.05) is 23.7 Å². The molecular formula is C22H13ClN2O5. The summed E-state index contributed by atoms with van der Waals surface area (Å²) >= 11 is 5.82. The fourth-order valence-electron chi connectivity index (χ4n) is 3.18. The lowest BCUT2D eigenvalue weighted by atomic mass is 10.1. The van der Waals surface area contributed by atoms with Crippen LogP contribution < -0.4 is 10.2 Å². The number of anilines is 2. The van der Waals surface area contributed by atoms with E-state index in [1.54, 1.807) is 24.3 Å². The molecule has 7 nitrogen and oxygen atoms in total. The van der Waals surface area contributed by atoms with E-state index < -0.39 is 23.7 Å². The molecule has 4 rings (SSSR count). The van der Waals surface area contributed by atoms with Gasteiger partial charge in [0.25, 0.3) is 17.7 Å². The summed E-state index contributed by atoms with van der Waals surface area (Å²) in [6.45, 7) is 0. The van der Waals surface area contributed by atoms with Crippen LogP contribution in [-0.2, 0) is 0 Å². The third-order valence-corrected chi connectivity index (χ3v) is 4.88. The van der Waals surface area contributed by atoms with Crippen molar-refractivity contribution in [3.63, 3.8) is 0 Å². The summed E-state index contributed by atoms with van der Waals surface area (Å²) in [5.74, 6) is -2.64. The first-order valence-corrected chi connectivity index (χ1v) is 9.16. The van der Waals surface area contributed by atoms with Crippen molar-refractivity contribution >= 4 is 46.7 Å². The number of carbonyl (C=O) groups is 4. The Kier molecular flexibility index (Phi) is 4.81. The molecule has 30 heavy (non-hydrogen) atoms. The highest BCUT2D eigenvalue weighted by Gasteiger charge is 2.36. The molecular weight excluding hydrogens is 408 g/mol. The Balaban J connectivity index is 1.57. The number of carboxylic acid groups (broad SMARTS) is 1. The van der Waals surface area contributed by atoms with E-state index in [1.807, 2.05) is 0 Å². The number of hydrogen-bond donors (Lipinski definition) is 2. The van der Waals surface area contributed by atoms with Gasteiger partial charge in [0.05, 0.1) is 28.1 Å². The maximum Gasteiger partial charge on any atom is 0.337 e. The second-order valence-corrected chi connectivity index (χ2v) is 6.92. The Morgan fingerprint density at radius 3 is 2.03 bits per heavy atom. The average Bonchev–Trinajstić information content (AvgIpc) is 3.00. The van der Waals surface area contributed by atoms with E-state index in [0.29, 0.717) is 16.8 Å². The van der Waals surface area contributed by atoms with Crippen LogP contribution >= 0.6 is 11.6 Å². The van der Waals surface area contributed by atoms with E-state index in [-0.39, 0.29) is 21.8 Å². The second-order valence-electron chi connectivity index (χ2n) is 6.49. The number of nitrogens with one attached hydrogen (secondary N) is 1. The first-order chi connectivity index (χ1) is 14.4. The molecule has 2 N–H and O–H groups in total. The Bertz CT molecular complexity index is 1190. The van der Waals surface area contributed by atoms with Gasteiger partial charge in [0.2, 0.25) is 0 Å². The van der Waals surface area contributed by atoms with Gasteiger partial charge in [-0.25, -0.2) is 9.69 Å². The van der Waals surface area contributed by atoms with Crippen LogP contribution in [-0.4, -0.2) is 28.8 Å². The van der Waals surface area contributed by atoms with Crippen LogP contribution in [0.15, 0.2) is 66.7 Å². The molecule has 3 aromatic carbocycles. The van der Waals surface area contributed by atoms with Crippen LogP contribution in [0.5, 0.6) is 0 Å². The maximum atomic E-state index is 12.6. The summed E-state index contributed by atoms with van der Waals surface area (Å²) in [6, 6.07) is 16.5. The van der Waals surface area contributed by atoms with Crippen LogP contribution in [0.1, 0.15) is 41.4 Å². The van der Waals surface area contributed by atoms with E-state index in [9.17, 15) is 24.3 Å². The lowest BCUT2D eigenvalue weighted by Crippen LogP contribution is -2.29. The van der Waals surface area contributed by atoms with Gasteiger partial charge in [-0.2, -0.15) is 0 Å². The SMILES string of the molecule is O=C(Nc1ccc(Cl)cc1C(=O)O)c1ccc(N2C(=O)c3ccccc3C2=O)cc1. The first-order valence-electron chi connectivity index (χ1n) is 8.79. The predicted octanol–water partition coefficient (Wildman–Crippen LogP) is 4.09. The fourth-order valence-corrected chi connectivity index (χ4v) is 3.35. The molecule has 0 radical (unpaired) electrons. The van der Waals surface area contributed by atoms with Gasteiger partial charge < -0.3 is 10.4 Å². The summed E-state index contributed by atoms with van der Waals surface area (Å²) in [5, 5.41) is 12.0. The predicted molar refractivity (Wildman–Crippen MR) is 110 cm³/mol. The first kappa shape index (κ1) is 19.4. The smallest absolute Gasteiger partial charge is 0.337 e. The minimum Gasteiger partial charge on any atom is -0.478 e. The molecule has 1 heterocycles. The van der Waals surface area contributed by atoms with Gasteiger partial charge in [0.15, 0.2) is 0 Å². The third-order valence-electron chi connectivity index (χ3n) is 4.64. The number of carboxylic acids is 1. The van der Waals surface area contributed by atoms with Crippen LogP contribution in [0.25, 0.3) is 0 Å². The molecule has 1 aliphatic rings. The van der Waals surface area contributed by atoms with Crippen molar-refractivity contribution in [1.29, 1.82) is 0 Å². The van der Waals surface area contributed by atoms with Crippen LogP contribution in [0, 0.1) is 0 Å². The van der Waals surface area contributed by atoms with Crippen LogP contribution in [0.2, 0.25) is 5.02 Å². The number of halogens is 1. The molecule has 0 spiro atoms. The second kappa shape index (κ2) is 7.46. The largest absolute Gasteiger partial charge is 0.478 e.